The van der Waals surface area contributed by atoms with Crippen molar-refractivity contribution in [1.82, 2.24) is 0 Å². The van der Waals surface area contributed by atoms with Gasteiger partial charge < -0.3 is 0 Å². The van der Waals surface area contributed by atoms with Crippen molar-refractivity contribution in [2.75, 3.05) is 13.2 Å². The summed E-state index contributed by atoms with van der Waals surface area (Å²) >= 11 is 0. The maximum atomic E-state index is 9.99. The molecule has 0 radical (unpaired) electrons. The second-order valence-electron chi connectivity index (χ2n) is 2.21. The fourth-order valence-electron chi connectivity index (χ4n) is 0.533. The van der Waals surface area contributed by atoms with Crippen LogP contribution >= 0.6 is 0 Å². The zero-order chi connectivity index (χ0) is 11.2. The third kappa shape index (κ3) is 17.0. The van der Waals surface area contributed by atoms with Crippen LogP contribution in [0.25, 0.3) is 0 Å². The quantitative estimate of drug-likeness (QED) is 0.329. The van der Waals surface area contributed by atoms with Crippen molar-refractivity contribution in [2.24, 2.45) is 0 Å². The van der Waals surface area contributed by atoms with Crippen molar-refractivity contribution in [3.05, 3.63) is 0 Å². The van der Waals surface area contributed by atoms with E-state index < -0.39 is 20.8 Å². The van der Waals surface area contributed by atoms with Gasteiger partial charge in [-0.2, -0.15) is 16.8 Å². The van der Waals surface area contributed by atoms with Crippen molar-refractivity contribution in [1.29, 1.82) is 0 Å². The van der Waals surface area contributed by atoms with E-state index in [9.17, 15) is 16.8 Å². The molecule has 11 heteroatoms. The van der Waals surface area contributed by atoms with Crippen LogP contribution in [0.2, 0.25) is 0 Å². The molecule has 0 aromatic carbocycles. The molecule has 0 spiro atoms. The first-order chi connectivity index (χ1) is 6.21. The molecule has 2 N–H and O–H groups in total. The maximum absolute atomic E-state index is 9.99. The van der Waals surface area contributed by atoms with Crippen LogP contribution in [0.4, 0.5) is 0 Å². The van der Waals surface area contributed by atoms with Gasteiger partial charge >= 0.3 is 39.7 Å². The van der Waals surface area contributed by atoms with Crippen molar-refractivity contribution < 1.29 is 34.3 Å². The molecule has 0 aromatic rings. The molecule has 0 bridgehead atoms. The Labute approximate surface area is 100 Å². The number of hydrogen-bond acceptors (Lipinski definition) is 6. The van der Waals surface area contributed by atoms with Crippen molar-refractivity contribution in [3.63, 3.8) is 0 Å². The van der Waals surface area contributed by atoms with Gasteiger partial charge in [0, 0.05) is 0 Å². The average molecular weight is 258 g/mol. The van der Waals surface area contributed by atoms with E-state index in [-0.39, 0.29) is 44.9 Å². The van der Waals surface area contributed by atoms with Gasteiger partial charge in [0.2, 0.25) is 0 Å². The summed E-state index contributed by atoms with van der Waals surface area (Å²) < 4.78 is 64.0. The van der Waals surface area contributed by atoms with Crippen LogP contribution in [-0.4, -0.2) is 58.0 Å². The van der Waals surface area contributed by atoms with Gasteiger partial charge in [-0.15, -0.1) is 0 Å². The molecular weight excluding hydrogens is 247 g/mol. The molecule has 0 saturated heterocycles. The molecule has 15 heavy (non-hydrogen) atoms. The minimum atomic E-state index is -4.45. The van der Waals surface area contributed by atoms with E-state index in [0.29, 0.717) is 0 Å². The summed E-state index contributed by atoms with van der Waals surface area (Å²) in [5.74, 6) is 0. The third-order valence-corrected chi connectivity index (χ3v) is 1.93. The van der Waals surface area contributed by atoms with Gasteiger partial charge in [0.1, 0.15) is 0 Å². The van der Waals surface area contributed by atoms with Crippen LogP contribution in [0.1, 0.15) is 12.8 Å². The standard InChI is InChI=1S/C4H10O8S2.Li.H/c5-13(6,7)11-3-1-2-4-12-14(8,9)10;;/h1-4H2,(H,5,6,7)(H,8,9,10);;. The van der Waals surface area contributed by atoms with Gasteiger partial charge in [-0.25, -0.2) is 8.37 Å². The Hall–Kier alpha value is 0.337. The Morgan fingerprint density at radius 1 is 0.800 bits per heavy atom. The Morgan fingerprint density at radius 3 is 1.27 bits per heavy atom. The Morgan fingerprint density at radius 2 is 1.07 bits per heavy atom. The van der Waals surface area contributed by atoms with Crippen LogP contribution < -0.4 is 0 Å². The molecule has 0 aliphatic rings. The van der Waals surface area contributed by atoms with Crippen LogP contribution in [0.15, 0.2) is 0 Å². The summed E-state index contributed by atoms with van der Waals surface area (Å²) in [7, 11) is -8.90. The second-order valence-corrected chi connectivity index (χ2v) is 4.39. The van der Waals surface area contributed by atoms with E-state index in [2.05, 4.69) is 8.37 Å². The predicted octanol–water partition coefficient (Wildman–Crippen LogP) is -1.24. The minimum absolute atomic E-state index is 0. The Bertz CT molecular complexity index is 309. The van der Waals surface area contributed by atoms with E-state index >= 15 is 0 Å². The molecular formula is C4H11LiO8S2. The van der Waals surface area contributed by atoms with Crippen LogP contribution in [0.3, 0.4) is 0 Å². The molecule has 0 unspecified atom stereocenters. The first kappa shape index (κ1) is 17.7. The van der Waals surface area contributed by atoms with Gasteiger partial charge in [0.25, 0.3) is 0 Å². The van der Waals surface area contributed by atoms with Gasteiger partial charge in [-0.3, -0.25) is 9.11 Å². The van der Waals surface area contributed by atoms with E-state index in [1.54, 1.807) is 0 Å². The summed E-state index contributed by atoms with van der Waals surface area (Å²) in [6.45, 7) is -0.568. The fraction of sp³-hybridized carbons (Fsp3) is 1.00. The molecule has 0 fully saturated rings. The summed E-state index contributed by atoms with van der Waals surface area (Å²) in [6.07, 6.45) is 0.324. The first-order valence-electron chi connectivity index (χ1n) is 3.44. The van der Waals surface area contributed by atoms with E-state index in [1.807, 2.05) is 0 Å². The van der Waals surface area contributed by atoms with Gasteiger partial charge in [0.15, 0.2) is 0 Å². The zero-order valence-corrected chi connectivity index (χ0v) is 8.62. The number of unbranched alkanes of at least 4 members (excludes halogenated alkanes) is 1. The molecule has 0 saturated carbocycles. The van der Waals surface area contributed by atoms with Crippen LogP contribution in [-0.2, 0) is 29.2 Å². The number of hydrogen-bond donors (Lipinski definition) is 2. The molecule has 88 valence electrons. The molecule has 0 rings (SSSR count). The molecule has 0 aromatic heterocycles. The van der Waals surface area contributed by atoms with E-state index in [0.717, 1.165) is 0 Å². The van der Waals surface area contributed by atoms with Gasteiger partial charge in [0.05, 0.1) is 13.2 Å². The normalized spacial score (nSPS) is 12.1. The van der Waals surface area contributed by atoms with Gasteiger partial charge in [-0.1, -0.05) is 0 Å². The monoisotopic (exact) mass is 258 g/mol. The van der Waals surface area contributed by atoms with Crippen molar-refractivity contribution >= 4 is 39.7 Å². The second kappa shape index (κ2) is 7.58. The number of rotatable bonds is 7. The SMILES string of the molecule is O=S(=O)(O)OCCCCOS(=O)(=O)O.[LiH]. The molecule has 8 nitrogen and oxygen atoms in total. The summed E-state index contributed by atoms with van der Waals surface area (Å²) in [5, 5.41) is 0. The van der Waals surface area contributed by atoms with Crippen molar-refractivity contribution in [3.8, 4) is 0 Å². The van der Waals surface area contributed by atoms with Crippen LogP contribution in [0.5, 0.6) is 0 Å². The van der Waals surface area contributed by atoms with E-state index in [4.69, 9.17) is 9.11 Å². The zero-order valence-electron chi connectivity index (χ0n) is 6.99. The molecule has 0 aliphatic carbocycles. The van der Waals surface area contributed by atoms with Crippen LogP contribution in [0, 0.1) is 0 Å². The summed E-state index contributed by atoms with van der Waals surface area (Å²) in [6, 6.07) is 0. The third-order valence-electron chi connectivity index (χ3n) is 1.00. The molecule has 0 heterocycles. The Kier molecular flexibility index (Phi) is 8.96. The topological polar surface area (TPSA) is 127 Å². The average Bonchev–Trinajstić information content (AvgIpc) is 1.92. The fourth-order valence-corrected chi connectivity index (χ4v) is 1.19. The van der Waals surface area contributed by atoms with Crippen molar-refractivity contribution in [2.45, 2.75) is 12.8 Å². The first-order valence-corrected chi connectivity index (χ1v) is 6.17. The summed E-state index contributed by atoms with van der Waals surface area (Å²) in [4.78, 5) is 0. The molecule has 0 aliphatic heterocycles. The van der Waals surface area contributed by atoms with Gasteiger partial charge in [-0.05, 0) is 12.8 Å². The van der Waals surface area contributed by atoms with E-state index in [1.165, 1.54) is 0 Å². The predicted molar refractivity (Wildman–Crippen MR) is 51.4 cm³/mol. The summed E-state index contributed by atoms with van der Waals surface area (Å²) in [5.41, 5.74) is 0. The molecule has 0 amide bonds. The molecule has 0 atom stereocenters. The Balaban J connectivity index is 0.